The van der Waals surface area contributed by atoms with E-state index in [1.807, 2.05) is 53.8 Å². The van der Waals surface area contributed by atoms with Crippen molar-refractivity contribution in [1.82, 2.24) is 20.4 Å². The van der Waals surface area contributed by atoms with Gasteiger partial charge in [-0.3, -0.25) is 4.79 Å². The maximum absolute atomic E-state index is 12.2. The summed E-state index contributed by atoms with van der Waals surface area (Å²) in [6.07, 6.45) is 4.21. The lowest BCUT2D eigenvalue weighted by Crippen LogP contribution is -2.41. The minimum Gasteiger partial charge on any atom is -0.350 e. The summed E-state index contributed by atoms with van der Waals surface area (Å²) in [6, 6.07) is 10.3. The lowest BCUT2D eigenvalue weighted by Gasteiger charge is -2.23. The molecule has 0 spiro atoms. The van der Waals surface area contributed by atoms with E-state index in [1.54, 1.807) is 6.20 Å². The molecule has 1 aliphatic heterocycles. The van der Waals surface area contributed by atoms with E-state index in [4.69, 9.17) is 0 Å². The van der Waals surface area contributed by atoms with Crippen molar-refractivity contribution >= 4 is 30.1 Å². The fraction of sp³-hybridized carbons (Fsp3) is 0.412. The van der Waals surface area contributed by atoms with Crippen molar-refractivity contribution in [1.29, 1.82) is 0 Å². The lowest BCUT2D eigenvalue weighted by atomic mass is 10.1. The van der Waals surface area contributed by atoms with Crippen molar-refractivity contribution in [3.05, 3.63) is 48.3 Å². The van der Waals surface area contributed by atoms with Gasteiger partial charge in [0.2, 0.25) is 5.91 Å². The van der Waals surface area contributed by atoms with E-state index >= 15 is 0 Å². The number of amides is 1. The second-order valence-corrected chi connectivity index (χ2v) is 6.91. The summed E-state index contributed by atoms with van der Waals surface area (Å²) >= 11 is 1.91. The first-order chi connectivity index (χ1) is 11.2. The number of benzene rings is 1. The molecule has 1 aliphatic rings. The molecule has 1 amide bonds. The molecule has 0 aliphatic carbocycles. The quantitative estimate of drug-likeness (QED) is 0.853. The summed E-state index contributed by atoms with van der Waals surface area (Å²) in [6.45, 7) is 3.01. The maximum atomic E-state index is 12.2. The Bertz CT molecular complexity index is 644. The van der Waals surface area contributed by atoms with Gasteiger partial charge in [0.25, 0.3) is 0 Å². The number of nitrogens with one attached hydrogen (secondary N) is 2. The molecule has 130 valence electrons. The van der Waals surface area contributed by atoms with Gasteiger partial charge in [0.05, 0.1) is 11.7 Å². The third-order valence-electron chi connectivity index (χ3n) is 3.95. The monoisotopic (exact) mass is 366 g/mol. The van der Waals surface area contributed by atoms with E-state index in [9.17, 15) is 4.79 Å². The van der Waals surface area contributed by atoms with Crippen LogP contribution in [-0.2, 0) is 4.79 Å². The Morgan fingerprint density at radius 2 is 2.38 bits per heavy atom. The van der Waals surface area contributed by atoms with Crippen molar-refractivity contribution in [3.8, 4) is 5.69 Å². The molecular formula is C17H23ClN4OS. The number of thioether (sulfide) groups is 1. The predicted molar refractivity (Wildman–Crippen MR) is 101 cm³/mol. The summed E-state index contributed by atoms with van der Waals surface area (Å²) in [5.74, 6) is 2.24. The Kier molecular flexibility index (Phi) is 7.15. The number of hydrogen-bond acceptors (Lipinski definition) is 4. The van der Waals surface area contributed by atoms with E-state index in [1.165, 1.54) is 0 Å². The highest BCUT2D eigenvalue weighted by Gasteiger charge is 2.18. The van der Waals surface area contributed by atoms with Crippen LogP contribution >= 0.6 is 24.2 Å². The zero-order valence-electron chi connectivity index (χ0n) is 13.6. The molecule has 7 heteroatoms. The second kappa shape index (κ2) is 9.11. The zero-order valence-corrected chi connectivity index (χ0v) is 15.3. The Hall–Kier alpha value is -1.50. The average Bonchev–Trinajstić information content (AvgIpc) is 3.10. The number of nitrogens with zero attached hydrogens (tertiary/aromatic N) is 2. The van der Waals surface area contributed by atoms with Crippen molar-refractivity contribution < 1.29 is 4.79 Å². The second-order valence-electron chi connectivity index (χ2n) is 5.76. The van der Waals surface area contributed by atoms with Crippen molar-refractivity contribution in [3.63, 3.8) is 0 Å². The number of halogens is 1. The predicted octanol–water partition coefficient (Wildman–Crippen LogP) is 2.57. The fourth-order valence-electron chi connectivity index (χ4n) is 2.72. The summed E-state index contributed by atoms with van der Waals surface area (Å²) < 4.78 is 1.82. The molecule has 1 fully saturated rings. The van der Waals surface area contributed by atoms with Crippen LogP contribution in [0.2, 0.25) is 0 Å². The molecular weight excluding hydrogens is 344 g/mol. The Balaban J connectivity index is 0.00000208. The fourth-order valence-corrected chi connectivity index (χ4v) is 3.67. The lowest BCUT2D eigenvalue weighted by molar-refractivity contribution is -0.122. The normalized spacial score (nSPS) is 18.5. The van der Waals surface area contributed by atoms with Gasteiger partial charge < -0.3 is 10.6 Å². The molecule has 2 N–H and O–H groups in total. The highest BCUT2D eigenvalue weighted by atomic mass is 35.5. The molecule has 5 nitrogen and oxygen atoms in total. The Morgan fingerprint density at radius 1 is 1.50 bits per heavy atom. The number of carbonyl (C=O) groups is 1. The standard InChI is InChI=1S/C17H22N4OS.ClH/c1-13(20-17(22)11-15-12-23-9-7-18-15)14-4-2-5-16(10-14)21-8-3-6-19-21;/h2-6,8,10,13,15,18H,7,9,11-12H2,1H3,(H,20,22);1H. The number of carbonyl (C=O) groups excluding carboxylic acids is 1. The molecule has 2 heterocycles. The Morgan fingerprint density at radius 3 is 3.08 bits per heavy atom. The molecule has 2 atom stereocenters. The molecule has 0 saturated carbocycles. The van der Waals surface area contributed by atoms with Gasteiger partial charge in [-0.15, -0.1) is 12.4 Å². The minimum absolute atomic E-state index is 0. The first kappa shape index (κ1) is 18.8. The third-order valence-corrected chi connectivity index (χ3v) is 5.08. The van der Waals surface area contributed by atoms with Gasteiger partial charge in [-0.05, 0) is 30.7 Å². The molecule has 2 unspecified atom stereocenters. The van der Waals surface area contributed by atoms with Crippen LogP contribution in [0.4, 0.5) is 0 Å². The van der Waals surface area contributed by atoms with Gasteiger partial charge in [0.15, 0.2) is 0 Å². The van der Waals surface area contributed by atoms with Gasteiger partial charge in [0.1, 0.15) is 0 Å². The minimum atomic E-state index is -0.0192. The van der Waals surface area contributed by atoms with E-state index in [2.05, 4.69) is 21.8 Å². The van der Waals surface area contributed by atoms with E-state index in [0.29, 0.717) is 6.42 Å². The summed E-state index contributed by atoms with van der Waals surface area (Å²) in [4.78, 5) is 12.2. The molecule has 1 aromatic heterocycles. The van der Waals surface area contributed by atoms with Gasteiger partial charge in [-0.25, -0.2) is 4.68 Å². The molecule has 3 rings (SSSR count). The highest BCUT2D eigenvalue weighted by molar-refractivity contribution is 7.99. The van der Waals surface area contributed by atoms with Crippen LogP contribution in [0, 0.1) is 0 Å². The van der Waals surface area contributed by atoms with Gasteiger partial charge >= 0.3 is 0 Å². The number of rotatable bonds is 5. The number of hydrogen-bond donors (Lipinski definition) is 2. The molecule has 1 saturated heterocycles. The van der Waals surface area contributed by atoms with Gasteiger partial charge in [-0.2, -0.15) is 16.9 Å². The van der Waals surface area contributed by atoms with Crippen molar-refractivity contribution in [2.75, 3.05) is 18.1 Å². The van der Waals surface area contributed by atoms with Crippen LogP contribution in [0.5, 0.6) is 0 Å². The first-order valence-electron chi connectivity index (χ1n) is 7.93. The van der Waals surface area contributed by atoms with Crippen LogP contribution in [0.1, 0.15) is 24.9 Å². The van der Waals surface area contributed by atoms with Crippen LogP contribution in [0.3, 0.4) is 0 Å². The van der Waals surface area contributed by atoms with Crippen LogP contribution in [-0.4, -0.2) is 39.8 Å². The largest absolute Gasteiger partial charge is 0.350 e. The third kappa shape index (κ3) is 5.00. The molecule has 0 bridgehead atoms. The van der Waals surface area contributed by atoms with Gasteiger partial charge in [-0.1, -0.05) is 12.1 Å². The molecule has 1 aromatic carbocycles. The SMILES string of the molecule is CC(NC(=O)CC1CSCCN1)c1cccc(-n2cccn2)c1.Cl. The van der Waals surface area contributed by atoms with Gasteiger partial charge in [0, 0.05) is 42.9 Å². The van der Waals surface area contributed by atoms with Crippen molar-refractivity contribution in [2.24, 2.45) is 0 Å². The van der Waals surface area contributed by atoms with E-state index in [0.717, 1.165) is 29.3 Å². The topological polar surface area (TPSA) is 59.0 Å². The first-order valence-corrected chi connectivity index (χ1v) is 9.08. The smallest absolute Gasteiger partial charge is 0.222 e. The summed E-state index contributed by atoms with van der Waals surface area (Å²) in [5.41, 5.74) is 2.08. The van der Waals surface area contributed by atoms with E-state index < -0.39 is 0 Å². The van der Waals surface area contributed by atoms with Crippen molar-refractivity contribution in [2.45, 2.75) is 25.4 Å². The van der Waals surface area contributed by atoms with Crippen LogP contribution < -0.4 is 10.6 Å². The maximum Gasteiger partial charge on any atom is 0.222 e. The van der Waals surface area contributed by atoms with E-state index in [-0.39, 0.29) is 30.4 Å². The summed E-state index contributed by atoms with van der Waals surface area (Å²) in [7, 11) is 0. The van der Waals surface area contributed by atoms with Crippen LogP contribution in [0.25, 0.3) is 5.69 Å². The Labute approximate surface area is 153 Å². The zero-order chi connectivity index (χ0) is 16.1. The summed E-state index contributed by atoms with van der Waals surface area (Å²) in [5, 5.41) is 10.7. The number of aromatic nitrogens is 2. The molecule has 2 aromatic rings. The highest BCUT2D eigenvalue weighted by Crippen LogP contribution is 2.17. The average molecular weight is 367 g/mol. The molecule has 24 heavy (non-hydrogen) atoms. The molecule has 0 radical (unpaired) electrons. The van der Waals surface area contributed by atoms with Crippen LogP contribution in [0.15, 0.2) is 42.7 Å².